The quantitative estimate of drug-likeness (QED) is 0.548. The molecule has 0 fully saturated rings. The van der Waals surface area contributed by atoms with Crippen LogP contribution >= 0.6 is 9.24 Å². The molecule has 1 atom stereocenters. The molecule has 0 radical (unpaired) electrons. The number of hydrogen-bond donors (Lipinski definition) is 0. The van der Waals surface area contributed by atoms with Crippen LogP contribution in [-0.4, -0.2) is 5.48 Å². The Bertz CT molecular complexity index is 266. The SMILES string of the molecule is Cc1cc(P)c(C)c(C)c1C.O. The second-order valence-corrected chi connectivity index (χ2v) is 3.78. The van der Waals surface area contributed by atoms with Crippen LogP contribution in [0.5, 0.6) is 0 Å². The number of aryl methyl sites for hydroxylation is 1. The van der Waals surface area contributed by atoms with E-state index in [4.69, 9.17) is 0 Å². The molecule has 1 aromatic carbocycles. The minimum Gasteiger partial charge on any atom is -0.412 e. The van der Waals surface area contributed by atoms with Crippen LogP contribution < -0.4 is 5.30 Å². The third-order valence-electron chi connectivity index (χ3n) is 2.52. The first kappa shape index (κ1) is 11.6. The zero-order chi connectivity index (χ0) is 8.59. The van der Waals surface area contributed by atoms with Gasteiger partial charge in [-0.15, -0.1) is 9.24 Å². The fourth-order valence-electron chi connectivity index (χ4n) is 1.24. The first-order chi connectivity index (χ1) is 5.04. The van der Waals surface area contributed by atoms with Gasteiger partial charge in [-0.3, -0.25) is 0 Å². The number of hydrogen-bond acceptors (Lipinski definition) is 0. The lowest BCUT2D eigenvalue weighted by atomic mass is 10.00. The van der Waals surface area contributed by atoms with Crippen LogP contribution in [-0.2, 0) is 0 Å². The van der Waals surface area contributed by atoms with Crippen LogP contribution in [0.3, 0.4) is 0 Å². The van der Waals surface area contributed by atoms with E-state index in [0.29, 0.717) is 0 Å². The molecule has 0 aliphatic rings. The van der Waals surface area contributed by atoms with E-state index < -0.39 is 0 Å². The van der Waals surface area contributed by atoms with Gasteiger partial charge in [0.1, 0.15) is 0 Å². The molecule has 0 aromatic heterocycles. The van der Waals surface area contributed by atoms with Gasteiger partial charge in [-0.05, 0) is 55.3 Å². The molecule has 2 N–H and O–H groups in total. The van der Waals surface area contributed by atoms with E-state index in [1.54, 1.807) is 0 Å². The fraction of sp³-hybridized carbons (Fsp3) is 0.400. The summed E-state index contributed by atoms with van der Waals surface area (Å²) in [6, 6.07) is 2.22. The molecular weight excluding hydrogens is 167 g/mol. The summed E-state index contributed by atoms with van der Waals surface area (Å²) in [5.41, 5.74) is 5.64. The minimum absolute atomic E-state index is 0. The average molecular weight is 184 g/mol. The van der Waals surface area contributed by atoms with Crippen molar-refractivity contribution in [3.63, 3.8) is 0 Å². The highest BCUT2D eigenvalue weighted by molar-refractivity contribution is 7.27. The van der Waals surface area contributed by atoms with Crippen molar-refractivity contribution in [2.24, 2.45) is 0 Å². The van der Waals surface area contributed by atoms with Gasteiger partial charge >= 0.3 is 0 Å². The van der Waals surface area contributed by atoms with Crippen molar-refractivity contribution in [1.82, 2.24) is 0 Å². The Morgan fingerprint density at radius 2 is 1.42 bits per heavy atom. The summed E-state index contributed by atoms with van der Waals surface area (Å²) >= 11 is 0. The van der Waals surface area contributed by atoms with Gasteiger partial charge in [-0.25, -0.2) is 0 Å². The Hall–Kier alpha value is -0.390. The first-order valence-corrected chi connectivity index (χ1v) is 4.44. The smallest absolute Gasteiger partial charge is 0.0268 e. The number of rotatable bonds is 0. The van der Waals surface area contributed by atoms with E-state index >= 15 is 0 Å². The molecule has 68 valence electrons. The summed E-state index contributed by atoms with van der Waals surface area (Å²) in [4.78, 5) is 0. The molecule has 1 unspecified atom stereocenters. The fourth-order valence-corrected chi connectivity index (χ4v) is 1.71. The summed E-state index contributed by atoms with van der Waals surface area (Å²) in [6.45, 7) is 8.70. The molecule has 0 heterocycles. The van der Waals surface area contributed by atoms with Crippen LogP contribution in [0.1, 0.15) is 22.3 Å². The average Bonchev–Trinajstić information content (AvgIpc) is 1.97. The maximum atomic E-state index is 2.78. The Kier molecular flexibility index (Phi) is 3.89. The van der Waals surface area contributed by atoms with E-state index in [0.717, 1.165) is 0 Å². The van der Waals surface area contributed by atoms with Gasteiger partial charge in [0.2, 0.25) is 0 Å². The largest absolute Gasteiger partial charge is 0.412 e. The van der Waals surface area contributed by atoms with Gasteiger partial charge in [0, 0.05) is 0 Å². The molecule has 1 nitrogen and oxygen atoms in total. The van der Waals surface area contributed by atoms with Gasteiger partial charge < -0.3 is 5.48 Å². The van der Waals surface area contributed by atoms with E-state index in [9.17, 15) is 0 Å². The van der Waals surface area contributed by atoms with E-state index in [1.165, 1.54) is 27.6 Å². The highest BCUT2D eigenvalue weighted by atomic mass is 31.0. The van der Waals surface area contributed by atoms with Gasteiger partial charge in [0.05, 0.1) is 0 Å². The van der Waals surface area contributed by atoms with E-state index in [1.807, 2.05) is 0 Å². The van der Waals surface area contributed by atoms with Crippen molar-refractivity contribution in [3.8, 4) is 0 Å². The summed E-state index contributed by atoms with van der Waals surface area (Å²) < 4.78 is 0. The second kappa shape index (κ2) is 4.02. The van der Waals surface area contributed by atoms with Crippen LogP contribution in [0, 0.1) is 27.7 Å². The Balaban J connectivity index is 0.00000121. The highest BCUT2D eigenvalue weighted by Gasteiger charge is 2.02. The molecule has 2 heteroatoms. The summed E-state index contributed by atoms with van der Waals surface area (Å²) in [7, 11) is 2.78. The molecule has 0 bridgehead atoms. The molecule has 0 saturated heterocycles. The van der Waals surface area contributed by atoms with Crippen LogP contribution in [0.4, 0.5) is 0 Å². The zero-order valence-electron chi connectivity index (χ0n) is 8.15. The molecule has 0 spiro atoms. The zero-order valence-corrected chi connectivity index (χ0v) is 9.31. The molecule has 12 heavy (non-hydrogen) atoms. The second-order valence-electron chi connectivity index (χ2n) is 3.16. The third-order valence-corrected chi connectivity index (χ3v) is 3.12. The Morgan fingerprint density at radius 3 is 1.92 bits per heavy atom. The molecule has 1 aromatic rings. The van der Waals surface area contributed by atoms with Gasteiger partial charge in [-0.1, -0.05) is 6.07 Å². The predicted octanol–water partition coefficient (Wildman–Crippen LogP) is 1.60. The topological polar surface area (TPSA) is 31.5 Å². The lowest BCUT2D eigenvalue weighted by molar-refractivity contribution is 0.824. The predicted molar refractivity (Wildman–Crippen MR) is 58.3 cm³/mol. The summed E-state index contributed by atoms with van der Waals surface area (Å²) in [6.07, 6.45) is 0. The standard InChI is InChI=1S/C10H15P.H2O/c1-6-5-10(11)9(4)8(3)7(6)2;/h5H,11H2,1-4H3;1H2. The van der Waals surface area contributed by atoms with Crippen LogP contribution in [0.15, 0.2) is 6.07 Å². The van der Waals surface area contributed by atoms with Crippen molar-refractivity contribution < 1.29 is 5.48 Å². The summed E-state index contributed by atoms with van der Waals surface area (Å²) in [5.74, 6) is 0. The van der Waals surface area contributed by atoms with Crippen molar-refractivity contribution in [2.75, 3.05) is 0 Å². The molecule has 0 saturated carbocycles. The third kappa shape index (κ3) is 1.85. The lowest BCUT2D eigenvalue weighted by Gasteiger charge is -2.10. The van der Waals surface area contributed by atoms with E-state index in [2.05, 4.69) is 43.0 Å². The van der Waals surface area contributed by atoms with Crippen LogP contribution in [0.25, 0.3) is 0 Å². The van der Waals surface area contributed by atoms with Gasteiger partial charge in [-0.2, -0.15) is 0 Å². The summed E-state index contributed by atoms with van der Waals surface area (Å²) in [5, 5.41) is 1.32. The first-order valence-electron chi connectivity index (χ1n) is 3.87. The normalized spacial score (nSPS) is 9.42. The van der Waals surface area contributed by atoms with Crippen molar-refractivity contribution >= 4 is 14.5 Å². The van der Waals surface area contributed by atoms with Crippen molar-refractivity contribution in [3.05, 3.63) is 28.3 Å². The van der Waals surface area contributed by atoms with Crippen molar-refractivity contribution in [1.29, 1.82) is 0 Å². The minimum atomic E-state index is 0. The van der Waals surface area contributed by atoms with Gasteiger partial charge in [0.25, 0.3) is 0 Å². The Morgan fingerprint density at radius 1 is 0.917 bits per heavy atom. The molecule has 1 rings (SSSR count). The lowest BCUT2D eigenvalue weighted by Crippen LogP contribution is -2.03. The molecule has 0 aliphatic carbocycles. The van der Waals surface area contributed by atoms with E-state index in [-0.39, 0.29) is 5.48 Å². The van der Waals surface area contributed by atoms with Crippen molar-refractivity contribution in [2.45, 2.75) is 27.7 Å². The molecular formula is C10H17OP. The molecule has 0 aliphatic heterocycles. The maximum Gasteiger partial charge on any atom is -0.0268 e. The molecule has 0 amide bonds. The monoisotopic (exact) mass is 184 g/mol. The Labute approximate surface area is 76.7 Å². The van der Waals surface area contributed by atoms with Gasteiger partial charge in [0.15, 0.2) is 0 Å². The number of benzene rings is 1. The maximum absolute atomic E-state index is 2.78. The van der Waals surface area contributed by atoms with Crippen LogP contribution in [0.2, 0.25) is 0 Å². The highest BCUT2D eigenvalue weighted by Crippen LogP contribution is 2.15.